The van der Waals surface area contributed by atoms with Gasteiger partial charge in [0.1, 0.15) is 0 Å². The molecule has 0 aromatic carbocycles. The smallest absolute Gasteiger partial charge is 0.229 e. The number of rotatable bonds is 5. The van der Waals surface area contributed by atoms with Crippen LogP contribution in [0, 0.1) is 5.92 Å². The monoisotopic (exact) mass is 203 g/mol. The van der Waals surface area contributed by atoms with Crippen molar-refractivity contribution in [2.24, 2.45) is 5.92 Å². The van der Waals surface area contributed by atoms with Crippen LogP contribution in [0.2, 0.25) is 0 Å². The minimum absolute atomic E-state index is 0.163. The largest absolute Gasteiger partial charge is 0.355 e. The fourth-order valence-corrected chi connectivity index (χ4v) is 1.15. The van der Waals surface area contributed by atoms with Crippen molar-refractivity contribution in [1.29, 1.82) is 0 Å². The Labute approximate surface area is 84.1 Å². The van der Waals surface area contributed by atoms with Crippen molar-refractivity contribution in [3.63, 3.8) is 0 Å². The van der Waals surface area contributed by atoms with E-state index >= 15 is 0 Å². The van der Waals surface area contributed by atoms with Crippen LogP contribution in [0.5, 0.6) is 0 Å². The van der Waals surface area contributed by atoms with Crippen LogP contribution < -0.4 is 5.32 Å². The van der Waals surface area contributed by atoms with Gasteiger partial charge in [-0.15, -0.1) is 9.24 Å². The molecule has 0 aliphatic heterocycles. The molecule has 1 atom stereocenters. The van der Waals surface area contributed by atoms with E-state index in [2.05, 4.69) is 28.4 Å². The van der Waals surface area contributed by atoms with Crippen LogP contribution in [0.1, 0.15) is 40.5 Å². The van der Waals surface area contributed by atoms with E-state index in [4.69, 9.17) is 0 Å². The molecule has 0 aliphatic carbocycles. The third-order valence-corrected chi connectivity index (χ3v) is 3.46. The molecule has 0 rings (SSSR count). The molecular formula is C10H22NOP. The average Bonchev–Trinajstić information content (AvgIpc) is 2.12. The van der Waals surface area contributed by atoms with E-state index < -0.39 is 0 Å². The Bertz CT molecular complexity index is 164. The molecule has 1 N–H and O–H groups in total. The lowest BCUT2D eigenvalue weighted by Gasteiger charge is -2.25. The molecule has 0 aliphatic rings. The quantitative estimate of drug-likeness (QED) is 0.682. The predicted octanol–water partition coefficient (Wildman–Crippen LogP) is 2.19. The van der Waals surface area contributed by atoms with Gasteiger partial charge in [-0.3, -0.25) is 4.79 Å². The molecule has 0 spiro atoms. The van der Waals surface area contributed by atoms with Crippen LogP contribution in [-0.2, 0) is 4.79 Å². The molecule has 0 radical (unpaired) electrons. The number of nitrogens with one attached hydrogen (secondary N) is 1. The van der Waals surface area contributed by atoms with Crippen LogP contribution in [0.4, 0.5) is 0 Å². The van der Waals surface area contributed by atoms with Gasteiger partial charge in [-0.1, -0.05) is 27.7 Å². The van der Waals surface area contributed by atoms with Crippen LogP contribution in [-0.4, -0.2) is 17.6 Å². The standard InChI is InChI=1S/C10H22NOP/c1-5-10(13,6-2)9(12)11-7-8(3)4/h8H,5-7,13H2,1-4H3,(H,11,12). The van der Waals surface area contributed by atoms with Crippen molar-refractivity contribution in [2.45, 2.75) is 45.7 Å². The summed E-state index contributed by atoms with van der Waals surface area (Å²) < 4.78 is 0. The summed E-state index contributed by atoms with van der Waals surface area (Å²) in [6.07, 6.45) is 1.75. The Kier molecular flexibility index (Phi) is 5.55. The molecule has 0 aromatic rings. The highest BCUT2D eigenvalue weighted by Gasteiger charge is 2.28. The number of hydrogen-bond donors (Lipinski definition) is 1. The van der Waals surface area contributed by atoms with Gasteiger partial charge in [-0.2, -0.15) is 0 Å². The van der Waals surface area contributed by atoms with E-state index in [1.165, 1.54) is 0 Å². The molecule has 3 heteroatoms. The van der Waals surface area contributed by atoms with Crippen molar-refractivity contribution < 1.29 is 4.79 Å². The summed E-state index contributed by atoms with van der Waals surface area (Å²) in [4.78, 5) is 11.7. The first kappa shape index (κ1) is 12.9. The second kappa shape index (κ2) is 5.59. The first-order chi connectivity index (χ1) is 5.96. The lowest BCUT2D eigenvalue weighted by atomic mass is 10.0. The highest BCUT2D eigenvalue weighted by atomic mass is 31.0. The van der Waals surface area contributed by atoms with Crippen molar-refractivity contribution in [3.05, 3.63) is 0 Å². The van der Waals surface area contributed by atoms with Gasteiger partial charge in [0.25, 0.3) is 0 Å². The molecule has 2 nitrogen and oxygen atoms in total. The van der Waals surface area contributed by atoms with Crippen LogP contribution in [0.15, 0.2) is 0 Å². The predicted molar refractivity (Wildman–Crippen MR) is 60.9 cm³/mol. The first-order valence-electron chi connectivity index (χ1n) is 5.03. The molecular weight excluding hydrogens is 181 g/mol. The van der Waals surface area contributed by atoms with Crippen molar-refractivity contribution in [2.75, 3.05) is 6.54 Å². The molecule has 1 amide bonds. The SMILES string of the molecule is CCC(P)(CC)C(=O)NCC(C)C. The van der Waals surface area contributed by atoms with Gasteiger partial charge in [0.05, 0.1) is 5.16 Å². The number of carbonyl (C=O) groups excluding carboxylic acids is 1. The maximum absolute atomic E-state index is 11.7. The maximum atomic E-state index is 11.7. The highest BCUT2D eigenvalue weighted by Crippen LogP contribution is 2.26. The summed E-state index contributed by atoms with van der Waals surface area (Å²) in [7, 11) is 2.68. The molecule has 0 heterocycles. The number of carbonyl (C=O) groups is 1. The Morgan fingerprint density at radius 3 is 2.15 bits per heavy atom. The number of amides is 1. The van der Waals surface area contributed by atoms with Gasteiger partial charge in [-0.25, -0.2) is 0 Å². The third kappa shape index (κ3) is 4.08. The molecule has 13 heavy (non-hydrogen) atoms. The van der Waals surface area contributed by atoms with Crippen LogP contribution >= 0.6 is 9.24 Å². The van der Waals surface area contributed by atoms with Gasteiger partial charge in [0, 0.05) is 6.54 Å². The minimum Gasteiger partial charge on any atom is -0.355 e. The zero-order chi connectivity index (χ0) is 10.5. The van der Waals surface area contributed by atoms with Gasteiger partial charge in [-0.05, 0) is 18.8 Å². The fourth-order valence-electron chi connectivity index (χ4n) is 1.04. The Morgan fingerprint density at radius 1 is 1.38 bits per heavy atom. The second-order valence-electron chi connectivity index (χ2n) is 3.97. The van der Waals surface area contributed by atoms with Crippen molar-refractivity contribution in [1.82, 2.24) is 5.32 Å². The Morgan fingerprint density at radius 2 is 1.85 bits per heavy atom. The summed E-state index contributed by atoms with van der Waals surface area (Å²) in [6, 6.07) is 0. The highest BCUT2D eigenvalue weighted by molar-refractivity contribution is 7.21. The van der Waals surface area contributed by atoms with Gasteiger partial charge >= 0.3 is 0 Å². The summed E-state index contributed by atoms with van der Waals surface area (Å²) >= 11 is 0. The summed E-state index contributed by atoms with van der Waals surface area (Å²) in [5.41, 5.74) is 0. The normalized spacial score (nSPS) is 11.8. The second-order valence-corrected chi connectivity index (χ2v) is 5.07. The van der Waals surface area contributed by atoms with E-state index in [0.717, 1.165) is 19.4 Å². The first-order valence-corrected chi connectivity index (χ1v) is 5.61. The molecule has 0 aromatic heterocycles. The molecule has 0 fully saturated rings. The van der Waals surface area contributed by atoms with Gasteiger partial charge < -0.3 is 5.32 Å². The molecule has 1 unspecified atom stereocenters. The Hall–Kier alpha value is -0.100. The van der Waals surface area contributed by atoms with E-state index in [1.807, 2.05) is 13.8 Å². The van der Waals surface area contributed by atoms with E-state index in [9.17, 15) is 4.79 Å². The average molecular weight is 203 g/mol. The maximum Gasteiger partial charge on any atom is 0.229 e. The topological polar surface area (TPSA) is 29.1 Å². The summed E-state index contributed by atoms with van der Waals surface area (Å²) in [5.74, 6) is 0.683. The van der Waals surface area contributed by atoms with Crippen LogP contribution in [0.3, 0.4) is 0 Å². The van der Waals surface area contributed by atoms with E-state index in [-0.39, 0.29) is 11.1 Å². The summed E-state index contributed by atoms with van der Waals surface area (Å²) in [6.45, 7) is 9.07. The lowest BCUT2D eigenvalue weighted by molar-refractivity contribution is -0.123. The minimum atomic E-state index is -0.255. The van der Waals surface area contributed by atoms with E-state index in [1.54, 1.807) is 0 Å². The van der Waals surface area contributed by atoms with Crippen LogP contribution in [0.25, 0.3) is 0 Å². The van der Waals surface area contributed by atoms with Gasteiger partial charge in [0.15, 0.2) is 0 Å². The molecule has 0 bridgehead atoms. The molecule has 0 saturated carbocycles. The third-order valence-electron chi connectivity index (χ3n) is 2.38. The lowest BCUT2D eigenvalue weighted by Crippen LogP contribution is -2.42. The zero-order valence-corrected chi connectivity index (χ0v) is 10.3. The molecule has 0 saturated heterocycles. The van der Waals surface area contributed by atoms with Crippen molar-refractivity contribution in [3.8, 4) is 0 Å². The number of hydrogen-bond acceptors (Lipinski definition) is 1. The fraction of sp³-hybridized carbons (Fsp3) is 0.900. The van der Waals surface area contributed by atoms with Gasteiger partial charge in [0.2, 0.25) is 5.91 Å². The Balaban J connectivity index is 4.07. The van der Waals surface area contributed by atoms with Crippen molar-refractivity contribution >= 4 is 15.1 Å². The summed E-state index contributed by atoms with van der Waals surface area (Å²) in [5, 5.41) is 2.71. The zero-order valence-electron chi connectivity index (χ0n) is 9.18. The molecule has 78 valence electrons. The van der Waals surface area contributed by atoms with E-state index in [0.29, 0.717) is 5.92 Å².